The van der Waals surface area contributed by atoms with Gasteiger partial charge in [0.15, 0.2) is 0 Å². The van der Waals surface area contributed by atoms with Crippen molar-refractivity contribution in [2.24, 2.45) is 0 Å². The predicted octanol–water partition coefficient (Wildman–Crippen LogP) is 2.15. The van der Waals surface area contributed by atoms with E-state index in [-0.39, 0.29) is 18.0 Å². The number of fused-ring (bicyclic) bond motifs is 1. The SMILES string of the molecule is CCN(C(=O)Cn1nnc2ccccc2c1=O)c1ccccc1C. The Morgan fingerprint density at radius 3 is 2.58 bits per heavy atom. The quantitative estimate of drug-likeness (QED) is 0.738. The lowest BCUT2D eigenvalue weighted by Crippen LogP contribution is -2.38. The summed E-state index contributed by atoms with van der Waals surface area (Å²) in [5.74, 6) is -0.196. The second-order valence-corrected chi connectivity index (χ2v) is 5.49. The van der Waals surface area contributed by atoms with E-state index in [1.165, 1.54) is 0 Å². The lowest BCUT2D eigenvalue weighted by molar-refractivity contribution is -0.119. The smallest absolute Gasteiger partial charge is 0.278 e. The van der Waals surface area contributed by atoms with E-state index in [4.69, 9.17) is 0 Å². The molecule has 0 spiro atoms. The molecular weight excluding hydrogens is 304 g/mol. The maximum atomic E-state index is 12.7. The minimum absolute atomic E-state index is 0.140. The number of aryl methyl sites for hydroxylation is 1. The molecule has 6 nitrogen and oxygen atoms in total. The van der Waals surface area contributed by atoms with E-state index < -0.39 is 0 Å². The summed E-state index contributed by atoms with van der Waals surface area (Å²) < 4.78 is 1.12. The van der Waals surface area contributed by atoms with Crippen LogP contribution in [0.4, 0.5) is 5.69 Å². The van der Waals surface area contributed by atoms with Gasteiger partial charge >= 0.3 is 0 Å². The molecule has 0 atom stereocenters. The van der Waals surface area contributed by atoms with Crippen molar-refractivity contribution in [2.45, 2.75) is 20.4 Å². The second-order valence-electron chi connectivity index (χ2n) is 5.49. The van der Waals surface area contributed by atoms with E-state index in [9.17, 15) is 9.59 Å². The summed E-state index contributed by atoms with van der Waals surface area (Å²) in [6.45, 7) is 4.23. The highest BCUT2D eigenvalue weighted by Gasteiger charge is 2.17. The van der Waals surface area contributed by atoms with Gasteiger partial charge in [0.1, 0.15) is 12.1 Å². The van der Waals surface area contributed by atoms with Crippen LogP contribution in [0.25, 0.3) is 10.9 Å². The standard InChI is InChI=1S/C18H18N4O2/c1-3-21(16-11-7-4-8-13(16)2)17(23)12-22-18(24)14-9-5-6-10-15(14)19-20-22/h4-11H,3,12H2,1-2H3. The topological polar surface area (TPSA) is 68.1 Å². The van der Waals surface area contributed by atoms with Crippen molar-refractivity contribution in [1.82, 2.24) is 15.0 Å². The number of anilines is 1. The van der Waals surface area contributed by atoms with Crippen LogP contribution >= 0.6 is 0 Å². The number of rotatable bonds is 4. The first-order valence-corrected chi connectivity index (χ1v) is 7.80. The van der Waals surface area contributed by atoms with Gasteiger partial charge in [0.2, 0.25) is 5.91 Å². The summed E-state index contributed by atoms with van der Waals surface area (Å²) >= 11 is 0. The maximum absolute atomic E-state index is 12.7. The van der Waals surface area contributed by atoms with Gasteiger partial charge in [-0.1, -0.05) is 35.5 Å². The van der Waals surface area contributed by atoms with Crippen LogP contribution in [0.2, 0.25) is 0 Å². The molecule has 6 heteroatoms. The van der Waals surface area contributed by atoms with E-state index in [2.05, 4.69) is 10.3 Å². The fraction of sp³-hybridized carbons (Fsp3) is 0.222. The molecule has 3 rings (SSSR count). The zero-order valence-corrected chi connectivity index (χ0v) is 13.6. The Bertz CT molecular complexity index is 949. The molecule has 24 heavy (non-hydrogen) atoms. The van der Waals surface area contributed by atoms with Crippen molar-refractivity contribution in [3.63, 3.8) is 0 Å². The Balaban J connectivity index is 1.93. The number of hydrogen-bond acceptors (Lipinski definition) is 4. The number of carbonyl (C=O) groups excluding carboxylic acids is 1. The number of hydrogen-bond donors (Lipinski definition) is 0. The highest BCUT2D eigenvalue weighted by atomic mass is 16.2. The molecule has 0 unspecified atom stereocenters. The molecule has 1 heterocycles. The van der Waals surface area contributed by atoms with Gasteiger partial charge in [-0.2, -0.15) is 0 Å². The third kappa shape index (κ3) is 2.90. The lowest BCUT2D eigenvalue weighted by atomic mass is 10.2. The first kappa shape index (κ1) is 15.9. The Kier molecular flexibility index (Phi) is 4.37. The average Bonchev–Trinajstić information content (AvgIpc) is 2.60. The molecule has 0 bridgehead atoms. The minimum Gasteiger partial charge on any atom is -0.311 e. The van der Waals surface area contributed by atoms with Crippen molar-refractivity contribution in [1.29, 1.82) is 0 Å². The largest absolute Gasteiger partial charge is 0.311 e. The molecular formula is C18H18N4O2. The monoisotopic (exact) mass is 322 g/mol. The van der Waals surface area contributed by atoms with E-state index in [1.54, 1.807) is 29.2 Å². The van der Waals surface area contributed by atoms with Gasteiger partial charge in [0, 0.05) is 12.2 Å². The third-order valence-electron chi connectivity index (χ3n) is 3.94. The fourth-order valence-corrected chi connectivity index (χ4v) is 2.69. The van der Waals surface area contributed by atoms with E-state index in [0.29, 0.717) is 17.4 Å². The summed E-state index contributed by atoms with van der Waals surface area (Å²) in [5.41, 5.74) is 2.06. The molecule has 0 aliphatic heterocycles. The van der Waals surface area contributed by atoms with Gasteiger partial charge in [0.05, 0.1) is 5.39 Å². The number of nitrogens with zero attached hydrogens (tertiary/aromatic N) is 4. The third-order valence-corrected chi connectivity index (χ3v) is 3.94. The summed E-state index contributed by atoms with van der Waals surface area (Å²) in [4.78, 5) is 26.8. The van der Waals surface area contributed by atoms with Crippen molar-refractivity contribution >= 4 is 22.5 Å². The minimum atomic E-state index is -0.310. The normalized spacial score (nSPS) is 10.8. The molecule has 0 radical (unpaired) electrons. The van der Waals surface area contributed by atoms with E-state index >= 15 is 0 Å². The van der Waals surface area contributed by atoms with Gasteiger partial charge in [0.25, 0.3) is 5.56 Å². The molecule has 0 aliphatic rings. The van der Waals surface area contributed by atoms with Crippen LogP contribution in [0.1, 0.15) is 12.5 Å². The summed E-state index contributed by atoms with van der Waals surface area (Å²) in [5, 5.41) is 8.36. The van der Waals surface area contributed by atoms with Gasteiger partial charge in [-0.25, -0.2) is 4.68 Å². The summed E-state index contributed by atoms with van der Waals surface area (Å²) in [7, 11) is 0. The van der Waals surface area contributed by atoms with E-state index in [1.807, 2.05) is 38.1 Å². The number of aromatic nitrogens is 3. The number of likely N-dealkylation sites (N-methyl/N-ethyl adjacent to an activating group) is 1. The molecule has 122 valence electrons. The highest BCUT2D eigenvalue weighted by molar-refractivity contribution is 5.94. The van der Waals surface area contributed by atoms with Crippen LogP contribution in [-0.4, -0.2) is 27.4 Å². The zero-order chi connectivity index (χ0) is 17.1. The lowest BCUT2D eigenvalue weighted by Gasteiger charge is -2.23. The molecule has 3 aromatic rings. The number of para-hydroxylation sites is 1. The second kappa shape index (κ2) is 6.62. The van der Waals surface area contributed by atoms with Gasteiger partial charge in [-0.3, -0.25) is 9.59 Å². The Hall–Kier alpha value is -3.02. The van der Waals surface area contributed by atoms with Gasteiger partial charge < -0.3 is 4.90 Å². The molecule has 0 saturated heterocycles. The van der Waals surface area contributed by atoms with Crippen molar-refractivity contribution < 1.29 is 4.79 Å². The van der Waals surface area contributed by atoms with Crippen LogP contribution < -0.4 is 10.5 Å². The number of carbonyl (C=O) groups is 1. The van der Waals surface area contributed by atoms with Crippen LogP contribution in [0.15, 0.2) is 53.3 Å². The van der Waals surface area contributed by atoms with Crippen LogP contribution in [0.3, 0.4) is 0 Å². The Labute approximate surface area is 139 Å². The summed E-state index contributed by atoms with van der Waals surface area (Å²) in [6.07, 6.45) is 0. The van der Waals surface area contributed by atoms with Crippen molar-refractivity contribution in [3.05, 3.63) is 64.4 Å². The Morgan fingerprint density at radius 2 is 1.83 bits per heavy atom. The molecule has 0 saturated carbocycles. The van der Waals surface area contributed by atoms with Crippen molar-refractivity contribution in [2.75, 3.05) is 11.4 Å². The predicted molar refractivity (Wildman–Crippen MR) is 93.0 cm³/mol. The van der Waals surface area contributed by atoms with E-state index in [0.717, 1.165) is 15.9 Å². The Morgan fingerprint density at radius 1 is 1.12 bits per heavy atom. The average molecular weight is 322 g/mol. The molecule has 0 N–H and O–H groups in total. The molecule has 2 aromatic carbocycles. The number of benzene rings is 2. The first-order chi connectivity index (χ1) is 11.6. The molecule has 1 aromatic heterocycles. The highest BCUT2D eigenvalue weighted by Crippen LogP contribution is 2.19. The summed E-state index contributed by atoms with van der Waals surface area (Å²) in [6, 6.07) is 14.6. The molecule has 0 aliphatic carbocycles. The van der Waals surface area contributed by atoms with Crippen LogP contribution in [-0.2, 0) is 11.3 Å². The zero-order valence-electron chi connectivity index (χ0n) is 13.6. The van der Waals surface area contributed by atoms with Crippen LogP contribution in [0, 0.1) is 6.92 Å². The number of amides is 1. The molecule has 1 amide bonds. The maximum Gasteiger partial charge on any atom is 0.278 e. The fourth-order valence-electron chi connectivity index (χ4n) is 2.69. The molecule has 0 fully saturated rings. The van der Waals surface area contributed by atoms with Crippen molar-refractivity contribution in [3.8, 4) is 0 Å². The first-order valence-electron chi connectivity index (χ1n) is 7.80. The van der Waals surface area contributed by atoms with Crippen LogP contribution in [0.5, 0.6) is 0 Å². The van der Waals surface area contributed by atoms with Gasteiger partial charge in [-0.15, -0.1) is 5.10 Å². The van der Waals surface area contributed by atoms with Gasteiger partial charge in [-0.05, 0) is 37.6 Å².